The second-order valence-corrected chi connectivity index (χ2v) is 6.94. The summed E-state index contributed by atoms with van der Waals surface area (Å²) in [7, 11) is 4.08. The van der Waals surface area contributed by atoms with Crippen LogP contribution >= 0.6 is 0 Å². The van der Waals surface area contributed by atoms with Crippen LogP contribution in [0.25, 0.3) is 0 Å². The number of likely N-dealkylation sites (N-methyl/N-ethyl adjacent to an activating group) is 1. The third kappa shape index (κ3) is 21.6. The Kier molecular flexibility index (Phi) is 21.7. The number of amides is 1. The maximum Gasteiger partial charge on any atom is 0.222 e. The molecule has 0 rings (SSSR count). The van der Waals surface area contributed by atoms with E-state index in [0.29, 0.717) is 78.8 Å². The van der Waals surface area contributed by atoms with Crippen molar-refractivity contribution in [3.63, 3.8) is 0 Å². The lowest BCUT2D eigenvalue weighted by atomic mass is 10.4. The van der Waals surface area contributed by atoms with Crippen LogP contribution in [0.5, 0.6) is 0 Å². The first kappa shape index (κ1) is 28.9. The standard InChI is InChI=1S/C20H42N4O6/c1-23(2)9-10-24(7-5-21)8-6-22-20(26)4-13-28-15-17-30-19-18-29-16-14-27-12-3-11-25/h11H,3-10,12-19,21H2,1-2H3,(H,22,26). The monoisotopic (exact) mass is 434 g/mol. The van der Waals surface area contributed by atoms with Gasteiger partial charge in [0.1, 0.15) is 6.29 Å². The molecule has 0 fully saturated rings. The fraction of sp³-hybridized carbons (Fsp3) is 0.900. The predicted octanol–water partition coefficient (Wildman–Crippen LogP) is -1.03. The summed E-state index contributed by atoms with van der Waals surface area (Å²) < 4.78 is 21.3. The van der Waals surface area contributed by atoms with E-state index in [1.807, 2.05) is 14.1 Å². The molecule has 30 heavy (non-hydrogen) atoms. The van der Waals surface area contributed by atoms with Crippen molar-refractivity contribution in [2.75, 3.05) is 106 Å². The normalized spacial score (nSPS) is 11.4. The molecule has 178 valence electrons. The third-order valence-electron chi connectivity index (χ3n) is 4.03. The zero-order valence-electron chi connectivity index (χ0n) is 18.8. The quantitative estimate of drug-likeness (QED) is 0.154. The third-order valence-corrected chi connectivity index (χ3v) is 4.03. The lowest BCUT2D eigenvalue weighted by Crippen LogP contribution is -2.40. The van der Waals surface area contributed by atoms with E-state index in [1.165, 1.54) is 0 Å². The van der Waals surface area contributed by atoms with Gasteiger partial charge in [-0.1, -0.05) is 0 Å². The van der Waals surface area contributed by atoms with E-state index in [1.54, 1.807) is 0 Å². The van der Waals surface area contributed by atoms with Gasteiger partial charge in [-0.25, -0.2) is 0 Å². The number of hydrogen-bond acceptors (Lipinski definition) is 9. The lowest BCUT2D eigenvalue weighted by Gasteiger charge is -2.23. The van der Waals surface area contributed by atoms with E-state index in [2.05, 4.69) is 15.1 Å². The van der Waals surface area contributed by atoms with Gasteiger partial charge in [0, 0.05) is 52.1 Å². The van der Waals surface area contributed by atoms with Crippen LogP contribution < -0.4 is 11.1 Å². The Labute approximate surface area is 181 Å². The van der Waals surface area contributed by atoms with Crippen molar-refractivity contribution in [3.05, 3.63) is 0 Å². The van der Waals surface area contributed by atoms with E-state index in [-0.39, 0.29) is 5.91 Å². The summed E-state index contributed by atoms with van der Waals surface area (Å²) in [5, 5.41) is 2.92. The minimum absolute atomic E-state index is 0.0139. The number of ether oxygens (including phenoxy) is 4. The van der Waals surface area contributed by atoms with E-state index >= 15 is 0 Å². The molecule has 0 spiro atoms. The molecule has 0 aromatic heterocycles. The Bertz CT molecular complexity index is 401. The maximum atomic E-state index is 11.8. The fourth-order valence-electron chi connectivity index (χ4n) is 2.36. The molecule has 0 aliphatic heterocycles. The molecule has 0 unspecified atom stereocenters. The molecule has 0 aliphatic rings. The van der Waals surface area contributed by atoms with Crippen LogP contribution in [-0.2, 0) is 28.5 Å². The van der Waals surface area contributed by atoms with Gasteiger partial charge in [0.15, 0.2) is 0 Å². The first-order valence-corrected chi connectivity index (χ1v) is 10.7. The molecule has 0 saturated heterocycles. The second kappa shape index (κ2) is 22.5. The van der Waals surface area contributed by atoms with E-state index in [4.69, 9.17) is 24.7 Å². The molecule has 0 aromatic rings. The SMILES string of the molecule is CN(C)CCN(CCN)CCNC(=O)CCOCCOCCOCCOCCC=O. The number of nitrogens with one attached hydrogen (secondary N) is 1. The summed E-state index contributed by atoms with van der Waals surface area (Å²) in [4.78, 5) is 26.3. The summed E-state index contributed by atoms with van der Waals surface area (Å²) in [6.45, 7) is 8.35. The van der Waals surface area contributed by atoms with Crippen molar-refractivity contribution in [2.45, 2.75) is 12.8 Å². The average Bonchev–Trinajstić information content (AvgIpc) is 2.72. The number of aldehydes is 1. The van der Waals surface area contributed by atoms with E-state index in [0.717, 1.165) is 32.5 Å². The summed E-state index contributed by atoms with van der Waals surface area (Å²) in [6, 6.07) is 0. The average molecular weight is 435 g/mol. The van der Waals surface area contributed by atoms with Gasteiger partial charge in [0.05, 0.1) is 52.9 Å². The van der Waals surface area contributed by atoms with Crippen molar-refractivity contribution in [1.82, 2.24) is 15.1 Å². The van der Waals surface area contributed by atoms with Crippen LogP contribution in [0.3, 0.4) is 0 Å². The molecule has 0 aromatic carbocycles. The number of carbonyl (C=O) groups is 2. The van der Waals surface area contributed by atoms with E-state index < -0.39 is 0 Å². The van der Waals surface area contributed by atoms with Crippen molar-refractivity contribution in [1.29, 1.82) is 0 Å². The molecular formula is C20H42N4O6. The molecule has 10 nitrogen and oxygen atoms in total. The molecule has 0 heterocycles. The van der Waals surface area contributed by atoms with Crippen molar-refractivity contribution in [2.24, 2.45) is 5.73 Å². The Hall–Kier alpha value is -1.14. The van der Waals surface area contributed by atoms with Crippen LogP contribution in [0.1, 0.15) is 12.8 Å². The summed E-state index contributed by atoms with van der Waals surface area (Å²) in [5.74, 6) is -0.0139. The number of carbonyl (C=O) groups excluding carboxylic acids is 2. The molecule has 0 radical (unpaired) electrons. The van der Waals surface area contributed by atoms with Crippen LogP contribution in [0.15, 0.2) is 0 Å². The van der Waals surface area contributed by atoms with Crippen LogP contribution in [0, 0.1) is 0 Å². The highest BCUT2D eigenvalue weighted by molar-refractivity contribution is 5.75. The minimum atomic E-state index is -0.0139. The topological polar surface area (TPSA) is 116 Å². The van der Waals surface area contributed by atoms with Crippen LogP contribution in [-0.4, -0.2) is 128 Å². The van der Waals surface area contributed by atoms with Crippen molar-refractivity contribution < 1.29 is 28.5 Å². The largest absolute Gasteiger partial charge is 0.379 e. The second-order valence-electron chi connectivity index (χ2n) is 6.94. The van der Waals surface area contributed by atoms with Gasteiger partial charge in [-0.05, 0) is 14.1 Å². The van der Waals surface area contributed by atoms with Gasteiger partial charge < -0.3 is 39.7 Å². The molecule has 0 saturated carbocycles. The lowest BCUT2D eigenvalue weighted by molar-refractivity contribution is -0.122. The smallest absolute Gasteiger partial charge is 0.222 e. The molecule has 0 aliphatic carbocycles. The molecule has 0 bridgehead atoms. The van der Waals surface area contributed by atoms with Crippen LogP contribution in [0.2, 0.25) is 0 Å². The Morgan fingerprint density at radius 3 is 1.93 bits per heavy atom. The van der Waals surface area contributed by atoms with Gasteiger partial charge in [-0.3, -0.25) is 9.69 Å². The summed E-state index contributed by atoms with van der Waals surface area (Å²) in [6.07, 6.45) is 1.58. The maximum absolute atomic E-state index is 11.8. The van der Waals surface area contributed by atoms with Gasteiger partial charge >= 0.3 is 0 Å². The zero-order chi connectivity index (χ0) is 22.3. The number of nitrogens with two attached hydrogens (primary N) is 1. The number of hydrogen-bond donors (Lipinski definition) is 2. The van der Waals surface area contributed by atoms with Gasteiger partial charge in [-0.15, -0.1) is 0 Å². The van der Waals surface area contributed by atoms with Crippen LogP contribution in [0.4, 0.5) is 0 Å². The van der Waals surface area contributed by atoms with E-state index in [9.17, 15) is 9.59 Å². The molecule has 3 N–H and O–H groups in total. The molecular weight excluding hydrogens is 392 g/mol. The fourth-order valence-corrected chi connectivity index (χ4v) is 2.36. The van der Waals surface area contributed by atoms with Gasteiger partial charge in [0.2, 0.25) is 5.91 Å². The van der Waals surface area contributed by atoms with Crippen molar-refractivity contribution >= 4 is 12.2 Å². The number of rotatable bonds is 23. The Balaban J connectivity index is 3.41. The molecule has 1 amide bonds. The Morgan fingerprint density at radius 2 is 1.40 bits per heavy atom. The highest BCUT2D eigenvalue weighted by Gasteiger charge is 2.06. The highest BCUT2D eigenvalue weighted by atomic mass is 16.6. The summed E-state index contributed by atoms with van der Waals surface area (Å²) >= 11 is 0. The first-order chi connectivity index (χ1) is 14.6. The van der Waals surface area contributed by atoms with Gasteiger partial charge in [-0.2, -0.15) is 0 Å². The molecule has 10 heteroatoms. The first-order valence-electron chi connectivity index (χ1n) is 10.7. The summed E-state index contributed by atoms with van der Waals surface area (Å²) in [5.41, 5.74) is 5.64. The molecule has 0 atom stereocenters. The van der Waals surface area contributed by atoms with Crippen molar-refractivity contribution in [3.8, 4) is 0 Å². The minimum Gasteiger partial charge on any atom is -0.379 e. The predicted molar refractivity (Wildman–Crippen MR) is 116 cm³/mol. The zero-order valence-corrected chi connectivity index (χ0v) is 18.8. The number of nitrogens with zero attached hydrogens (tertiary/aromatic N) is 2. The van der Waals surface area contributed by atoms with Gasteiger partial charge in [0.25, 0.3) is 0 Å². The highest BCUT2D eigenvalue weighted by Crippen LogP contribution is 1.89. The Morgan fingerprint density at radius 1 is 0.833 bits per heavy atom.